The molecule has 0 saturated carbocycles. The highest BCUT2D eigenvalue weighted by molar-refractivity contribution is 7.89. The van der Waals surface area contributed by atoms with Gasteiger partial charge in [-0.3, -0.25) is 4.79 Å². The second-order valence-corrected chi connectivity index (χ2v) is 23.5. The smallest absolute Gasteiger partial charge is 0.424 e. The summed E-state index contributed by atoms with van der Waals surface area (Å²) >= 11 is 0. The molecule has 8 nitrogen and oxygen atoms in total. The number of amides is 1. The molecule has 48 heavy (non-hydrogen) atoms. The van der Waals surface area contributed by atoms with Gasteiger partial charge in [-0.25, -0.2) is 13.2 Å². The largest absolute Gasteiger partial charge is 0.455 e. The van der Waals surface area contributed by atoms with Crippen LogP contribution in [0.3, 0.4) is 0 Å². The number of hydrogen-bond donors (Lipinski definition) is 0. The molecule has 2 atom stereocenters. The van der Waals surface area contributed by atoms with E-state index in [0.717, 1.165) is 21.0 Å². The van der Waals surface area contributed by atoms with E-state index in [2.05, 4.69) is 60.7 Å². The van der Waals surface area contributed by atoms with Gasteiger partial charge in [-0.2, -0.15) is 4.31 Å². The topological polar surface area (TPSA) is 99.2 Å². The fourth-order valence-corrected chi connectivity index (χ4v) is 7.63. The van der Waals surface area contributed by atoms with Crippen molar-refractivity contribution in [2.24, 2.45) is 5.92 Å². The normalized spacial score (nSPS) is 14.4. The van der Waals surface area contributed by atoms with Crippen molar-refractivity contribution in [1.29, 1.82) is 0 Å². The summed E-state index contributed by atoms with van der Waals surface area (Å²) in [5, 5.41) is 0.0178. The number of ether oxygens (including phenoxy) is 2. The zero-order valence-corrected chi connectivity index (χ0v) is 33.9. The third-order valence-corrected chi connectivity index (χ3v) is 15.1. The number of aryl methyl sites for hydroxylation is 1. The van der Waals surface area contributed by atoms with Crippen LogP contribution in [0.1, 0.15) is 118 Å². The maximum Gasteiger partial charge on any atom is 0.424 e. The first-order valence-electron chi connectivity index (χ1n) is 17.0. The number of hydrogen-bond acceptors (Lipinski definition) is 7. The molecule has 0 heterocycles. The van der Waals surface area contributed by atoms with Gasteiger partial charge in [0.2, 0.25) is 0 Å². The van der Waals surface area contributed by atoms with Gasteiger partial charge in [-0.15, -0.1) is 0 Å². The Morgan fingerprint density at radius 3 is 1.92 bits per heavy atom. The minimum atomic E-state index is -4.47. The molecule has 0 aliphatic carbocycles. The average Bonchev–Trinajstić information content (AvgIpc) is 2.89. The van der Waals surface area contributed by atoms with E-state index in [9.17, 15) is 18.0 Å². The molecule has 0 aliphatic rings. The molecule has 0 saturated heterocycles. The predicted octanol–water partition coefficient (Wildman–Crippen LogP) is 9.50. The van der Waals surface area contributed by atoms with E-state index in [1.165, 1.54) is 19.1 Å². The second-order valence-electron chi connectivity index (χ2n) is 16.8. The van der Waals surface area contributed by atoms with Crippen LogP contribution in [0.25, 0.3) is 0 Å². The lowest BCUT2D eigenvalue weighted by Gasteiger charge is -2.38. The molecule has 0 aliphatic heterocycles. The van der Waals surface area contributed by atoms with Gasteiger partial charge in [0.05, 0.1) is 10.9 Å². The molecule has 0 bridgehead atoms. The standard InChI is InChI=1S/C38H61NO7SSi/c1-26(2)24-33(39(35(41)46-37(8,9)10)47(42,43)31-19-16-27(3)17-20-31)34(45-28(4)40)32-21-18-30(36(5,6)7)25-29(32)22-23-44-48(14,15)38(11,12)13/h16-21,25-26,33-34H,22-24H2,1-15H3/t33-,34?/m1/s1. The van der Waals surface area contributed by atoms with Gasteiger partial charge < -0.3 is 13.9 Å². The van der Waals surface area contributed by atoms with Gasteiger partial charge >= 0.3 is 12.1 Å². The SMILES string of the molecule is CC(=O)OC(c1ccc(C(C)(C)C)cc1CCO[Si](C)(C)C(C)(C)C)[C@@H](CC(C)C)N(C(=O)OC(C)(C)C)S(=O)(=O)c1ccc(C)cc1. The van der Waals surface area contributed by atoms with Crippen LogP contribution < -0.4 is 0 Å². The van der Waals surface area contributed by atoms with Crippen molar-refractivity contribution in [2.45, 2.75) is 149 Å². The van der Waals surface area contributed by atoms with E-state index in [0.29, 0.717) is 18.6 Å². The van der Waals surface area contributed by atoms with Crippen LogP contribution in [0.2, 0.25) is 18.1 Å². The molecule has 1 amide bonds. The molecule has 0 N–H and O–H groups in total. The highest BCUT2D eigenvalue weighted by atomic mass is 32.2. The first-order valence-corrected chi connectivity index (χ1v) is 21.3. The van der Waals surface area contributed by atoms with E-state index in [1.54, 1.807) is 32.9 Å². The van der Waals surface area contributed by atoms with Crippen molar-refractivity contribution in [3.63, 3.8) is 0 Å². The highest BCUT2D eigenvalue weighted by Gasteiger charge is 2.45. The van der Waals surface area contributed by atoms with E-state index >= 15 is 0 Å². The Balaban J connectivity index is 2.91. The lowest BCUT2D eigenvalue weighted by Crippen LogP contribution is -2.50. The summed E-state index contributed by atoms with van der Waals surface area (Å²) in [5.41, 5.74) is 2.29. The molecule has 2 aromatic carbocycles. The van der Waals surface area contributed by atoms with E-state index in [4.69, 9.17) is 13.9 Å². The van der Waals surface area contributed by atoms with E-state index < -0.39 is 48.2 Å². The number of carbonyl (C=O) groups is 2. The number of sulfonamides is 1. The molecule has 0 fully saturated rings. The molecular formula is C38H61NO7SSi. The van der Waals surface area contributed by atoms with Crippen LogP contribution in [-0.2, 0) is 40.6 Å². The summed E-state index contributed by atoms with van der Waals surface area (Å²) in [6.07, 6.45) is -1.42. The van der Waals surface area contributed by atoms with Crippen molar-refractivity contribution in [1.82, 2.24) is 4.31 Å². The fourth-order valence-electron chi connectivity index (χ4n) is 5.09. The molecular weight excluding hydrogens is 643 g/mol. The summed E-state index contributed by atoms with van der Waals surface area (Å²) in [7, 11) is -6.55. The van der Waals surface area contributed by atoms with Crippen LogP contribution in [0.15, 0.2) is 47.4 Å². The Labute approximate surface area is 292 Å². The fraction of sp³-hybridized carbons (Fsp3) is 0.632. The van der Waals surface area contributed by atoms with Crippen molar-refractivity contribution in [2.75, 3.05) is 6.61 Å². The summed E-state index contributed by atoms with van der Waals surface area (Å²) in [5.74, 6) is -0.667. The number of rotatable bonds is 12. The first kappa shape index (κ1) is 41.5. The first-order chi connectivity index (χ1) is 21.7. The maximum absolute atomic E-state index is 14.5. The van der Waals surface area contributed by atoms with E-state index in [1.807, 2.05) is 32.9 Å². The molecule has 0 aromatic heterocycles. The molecule has 270 valence electrons. The van der Waals surface area contributed by atoms with Gasteiger partial charge in [-0.05, 0) is 98.8 Å². The van der Waals surface area contributed by atoms with Crippen LogP contribution in [-0.4, -0.2) is 51.4 Å². The Kier molecular flexibility index (Phi) is 13.4. The van der Waals surface area contributed by atoms with Gasteiger partial charge in [0.1, 0.15) is 11.7 Å². The van der Waals surface area contributed by atoms with Gasteiger partial charge in [0, 0.05) is 13.5 Å². The number of nitrogens with zero attached hydrogens (tertiary/aromatic N) is 1. The molecule has 2 rings (SSSR count). The quantitative estimate of drug-likeness (QED) is 0.160. The molecule has 0 spiro atoms. The maximum atomic E-state index is 14.5. The zero-order chi connectivity index (χ0) is 37.0. The Hall–Kier alpha value is -2.69. The number of carbonyl (C=O) groups excluding carboxylic acids is 2. The lowest BCUT2D eigenvalue weighted by atomic mass is 9.83. The Morgan fingerprint density at radius 2 is 1.46 bits per heavy atom. The average molecular weight is 704 g/mol. The molecule has 1 unspecified atom stereocenters. The minimum absolute atomic E-state index is 0.0178. The Morgan fingerprint density at radius 1 is 0.896 bits per heavy atom. The van der Waals surface area contributed by atoms with Gasteiger partial charge in [0.25, 0.3) is 10.0 Å². The third-order valence-electron chi connectivity index (χ3n) is 8.76. The third kappa shape index (κ3) is 11.2. The van der Waals surface area contributed by atoms with Crippen molar-refractivity contribution in [3.8, 4) is 0 Å². The van der Waals surface area contributed by atoms with Gasteiger partial charge in [0.15, 0.2) is 8.32 Å². The molecule has 0 radical (unpaired) electrons. The molecule has 2 aromatic rings. The summed E-state index contributed by atoms with van der Waals surface area (Å²) in [6, 6.07) is 11.2. The van der Waals surface area contributed by atoms with Crippen LogP contribution in [0.4, 0.5) is 4.79 Å². The summed E-state index contributed by atoms with van der Waals surface area (Å²) < 4.78 is 48.3. The minimum Gasteiger partial charge on any atom is -0.455 e. The predicted molar refractivity (Wildman–Crippen MR) is 196 cm³/mol. The van der Waals surface area contributed by atoms with Crippen LogP contribution >= 0.6 is 0 Å². The highest BCUT2D eigenvalue weighted by Crippen LogP contribution is 2.39. The van der Waals surface area contributed by atoms with Gasteiger partial charge in [-0.1, -0.05) is 91.3 Å². The molecule has 10 heteroatoms. The lowest BCUT2D eigenvalue weighted by molar-refractivity contribution is -0.150. The second kappa shape index (κ2) is 15.5. The summed E-state index contributed by atoms with van der Waals surface area (Å²) in [6.45, 7) is 29.9. The zero-order valence-electron chi connectivity index (χ0n) is 32.1. The number of esters is 1. The van der Waals surface area contributed by atoms with Crippen LogP contribution in [0, 0.1) is 12.8 Å². The van der Waals surface area contributed by atoms with Crippen molar-refractivity contribution in [3.05, 3.63) is 64.7 Å². The summed E-state index contributed by atoms with van der Waals surface area (Å²) in [4.78, 5) is 26.9. The van der Waals surface area contributed by atoms with Crippen LogP contribution in [0.5, 0.6) is 0 Å². The Bertz CT molecular complexity index is 1510. The van der Waals surface area contributed by atoms with Crippen molar-refractivity contribution >= 4 is 30.4 Å². The van der Waals surface area contributed by atoms with E-state index in [-0.39, 0.29) is 27.7 Å². The monoisotopic (exact) mass is 703 g/mol. The number of benzene rings is 2. The van der Waals surface area contributed by atoms with Crippen molar-refractivity contribution < 1.29 is 31.9 Å².